The minimum atomic E-state index is -0.669. The van der Waals surface area contributed by atoms with Crippen molar-refractivity contribution in [3.8, 4) is 5.75 Å². The minimum Gasteiger partial charge on any atom is -0.482 e. The van der Waals surface area contributed by atoms with Crippen molar-refractivity contribution in [2.45, 2.75) is 26.3 Å². The molecular weight excluding hydrogens is 264 g/mol. The van der Waals surface area contributed by atoms with Gasteiger partial charge in [-0.05, 0) is 13.0 Å². The van der Waals surface area contributed by atoms with Gasteiger partial charge < -0.3 is 4.74 Å². The van der Waals surface area contributed by atoms with Gasteiger partial charge in [0.1, 0.15) is 5.75 Å². The van der Waals surface area contributed by atoms with Gasteiger partial charge in [-0.15, -0.1) is 0 Å². The van der Waals surface area contributed by atoms with E-state index in [2.05, 4.69) is 0 Å². The highest BCUT2D eigenvalue weighted by Crippen LogP contribution is 2.36. The number of carbonyl (C=O) groups is 2. The number of Topliss-reactive ketones (excluding diaryl/α,β-unsaturated/α-hetero) is 1. The number of benzene rings is 1. The third kappa shape index (κ3) is 2.34. The zero-order valence-electron chi connectivity index (χ0n) is 11.2. The molecule has 0 saturated carbocycles. The molecule has 0 radical (unpaired) electrons. The fourth-order valence-electron chi connectivity index (χ4n) is 2.14. The molecule has 1 aromatic carbocycles. The summed E-state index contributed by atoms with van der Waals surface area (Å²) in [5.74, 6) is -0.129. The van der Waals surface area contributed by atoms with Crippen molar-refractivity contribution in [1.82, 2.24) is 0 Å². The molecule has 0 fully saturated rings. The van der Waals surface area contributed by atoms with E-state index in [1.807, 2.05) is 0 Å². The third-order valence-corrected chi connectivity index (χ3v) is 3.23. The zero-order chi connectivity index (χ0) is 14.9. The third-order valence-electron chi connectivity index (χ3n) is 3.23. The van der Waals surface area contributed by atoms with Crippen LogP contribution in [0.4, 0.5) is 11.4 Å². The number of amides is 1. The standard InChI is InChI=1S/C13H14N2O5/c1-3-11(16)8(2)14-10-6-9(15(18)19)4-5-12(10)20-7-13(14)17/h4-6,8H,3,7H2,1-2H3. The van der Waals surface area contributed by atoms with Crippen molar-refractivity contribution in [3.05, 3.63) is 28.3 Å². The van der Waals surface area contributed by atoms with Crippen molar-refractivity contribution in [2.24, 2.45) is 0 Å². The second-order valence-corrected chi connectivity index (χ2v) is 4.46. The fraction of sp³-hybridized carbons (Fsp3) is 0.385. The molecule has 0 bridgehead atoms. The highest BCUT2D eigenvalue weighted by molar-refractivity contribution is 6.04. The molecule has 0 aromatic heterocycles. The van der Waals surface area contributed by atoms with Crippen LogP contribution in [0.25, 0.3) is 0 Å². The highest BCUT2D eigenvalue weighted by Gasteiger charge is 2.33. The first kappa shape index (κ1) is 14.0. The molecular formula is C13H14N2O5. The van der Waals surface area contributed by atoms with E-state index >= 15 is 0 Å². The van der Waals surface area contributed by atoms with Crippen molar-refractivity contribution in [2.75, 3.05) is 11.5 Å². The molecule has 7 nitrogen and oxygen atoms in total. The average Bonchev–Trinajstić information content (AvgIpc) is 2.44. The molecule has 7 heteroatoms. The van der Waals surface area contributed by atoms with Gasteiger partial charge in [0.25, 0.3) is 11.6 Å². The van der Waals surface area contributed by atoms with Gasteiger partial charge in [0.15, 0.2) is 12.4 Å². The summed E-state index contributed by atoms with van der Waals surface area (Å²) in [6.45, 7) is 3.14. The summed E-state index contributed by atoms with van der Waals surface area (Å²) < 4.78 is 5.24. The second kappa shape index (κ2) is 5.28. The number of non-ortho nitro benzene ring substituents is 1. The predicted octanol–water partition coefficient (Wildman–Crippen LogP) is 1.69. The maximum absolute atomic E-state index is 12.0. The molecule has 1 aliphatic heterocycles. The number of ether oxygens (including phenoxy) is 1. The summed E-state index contributed by atoms with van der Waals surface area (Å²) in [7, 11) is 0. The van der Waals surface area contributed by atoms with Gasteiger partial charge >= 0.3 is 0 Å². The molecule has 0 saturated heterocycles. The number of anilines is 1. The summed E-state index contributed by atoms with van der Waals surface area (Å²) in [4.78, 5) is 35.3. The molecule has 1 unspecified atom stereocenters. The molecule has 20 heavy (non-hydrogen) atoms. The Labute approximate surface area is 115 Å². The number of nitro groups is 1. The van der Waals surface area contributed by atoms with Crippen LogP contribution < -0.4 is 9.64 Å². The topological polar surface area (TPSA) is 89.8 Å². The Kier molecular flexibility index (Phi) is 3.69. The van der Waals surface area contributed by atoms with E-state index in [0.717, 1.165) is 0 Å². The van der Waals surface area contributed by atoms with E-state index in [-0.39, 0.29) is 36.1 Å². The number of ketones is 1. The molecule has 1 atom stereocenters. The predicted molar refractivity (Wildman–Crippen MR) is 70.8 cm³/mol. The van der Waals surface area contributed by atoms with E-state index < -0.39 is 11.0 Å². The molecule has 1 heterocycles. The monoisotopic (exact) mass is 278 g/mol. The SMILES string of the molecule is CCC(=O)C(C)N1C(=O)COc2ccc([N+](=O)[O-])cc21. The Morgan fingerprint density at radius 1 is 1.55 bits per heavy atom. The van der Waals surface area contributed by atoms with Crippen LogP contribution in [0.3, 0.4) is 0 Å². The number of rotatable bonds is 4. The Balaban J connectivity index is 2.49. The van der Waals surface area contributed by atoms with Crippen molar-refractivity contribution >= 4 is 23.1 Å². The molecule has 0 spiro atoms. The quantitative estimate of drug-likeness (QED) is 0.617. The lowest BCUT2D eigenvalue weighted by molar-refractivity contribution is -0.384. The summed E-state index contributed by atoms with van der Waals surface area (Å²) in [6, 6.07) is 3.33. The molecule has 2 rings (SSSR count). The first-order chi connectivity index (χ1) is 9.45. The number of nitro benzene ring substituents is 1. The van der Waals surface area contributed by atoms with E-state index in [1.165, 1.54) is 23.1 Å². The van der Waals surface area contributed by atoms with Crippen molar-refractivity contribution in [3.63, 3.8) is 0 Å². The van der Waals surface area contributed by atoms with Crippen LogP contribution in [0.15, 0.2) is 18.2 Å². The van der Waals surface area contributed by atoms with Gasteiger partial charge in [0, 0.05) is 18.6 Å². The first-order valence-electron chi connectivity index (χ1n) is 6.21. The largest absolute Gasteiger partial charge is 0.482 e. The lowest BCUT2D eigenvalue weighted by Gasteiger charge is -2.33. The maximum Gasteiger partial charge on any atom is 0.271 e. The van der Waals surface area contributed by atoms with Crippen LogP contribution in [0.2, 0.25) is 0 Å². The lowest BCUT2D eigenvalue weighted by atomic mass is 10.1. The van der Waals surface area contributed by atoms with E-state index in [4.69, 9.17) is 4.74 Å². The Morgan fingerprint density at radius 2 is 2.25 bits per heavy atom. The van der Waals surface area contributed by atoms with Crippen LogP contribution in [0.5, 0.6) is 5.75 Å². The Bertz CT molecular complexity index is 584. The van der Waals surface area contributed by atoms with Crippen LogP contribution >= 0.6 is 0 Å². The van der Waals surface area contributed by atoms with Gasteiger partial charge in [0.2, 0.25) is 0 Å². The van der Waals surface area contributed by atoms with Crippen LogP contribution in [-0.4, -0.2) is 29.3 Å². The highest BCUT2D eigenvalue weighted by atomic mass is 16.6. The van der Waals surface area contributed by atoms with Gasteiger partial charge in [-0.1, -0.05) is 6.92 Å². The Hall–Kier alpha value is -2.44. The lowest BCUT2D eigenvalue weighted by Crippen LogP contribution is -2.47. The number of carbonyl (C=O) groups excluding carboxylic acids is 2. The molecule has 1 amide bonds. The van der Waals surface area contributed by atoms with Crippen molar-refractivity contribution in [1.29, 1.82) is 0 Å². The smallest absolute Gasteiger partial charge is 0.271 e. The number of hydrogen-bond acceptors (Lipinski definition) is 5. The van der Waals surface area contributed by atoms with Crippen LogP contribution in [0.1, 0.15) is 20.3 Å². The Morgan fingerprint density at radius 3 is 2.85 bits per heavy atom. The minimum absolute atomic E-state index is 0.113. The van der Waals surface area contributed by atoms with Crippen LogP contribution in [-0.2, 0) is 9.59 Å². The second-order valence-electron chi connectivity index (χ2n) is 4.46. The molecule has 106 valence electrons. The fourth-order valence-corrected chi connectivity index (χ4v) is 2.14. The first-order valence-corrected chi connectivity index (χ1v) is 6.21. The van der Waals surface area contributed by atoms with E-state index in [0.29, 0.717) is 5.75 Å². The maximum atomic E-state index is 12.0. The zero-order valence-corrected chi connectivity index (χ0v) is 11.2. The number of fused-ring (bicyclic) bond motifs is 1. The van der Waals surface area contributed by atoms with Gasteiger partial charge in [-0.3, -0.25) is 24.6 Å². The van der Waals surface area contributed by atoms with Gasteiger partial charge in [-0.2, -0.15) is 0 Å². The summed E-state index contributed by atoms with van der Waals surface area (Å²) in [6.07, 6.45) is 0.288. The van der Waals surface area contributed by atoms with Crippen molar-refractivity contribution < 1.29 is 19.2 Å². The van der Waals surface area contributed by atoms with Gasteiger partial charge in [0.05, 0.1) is 16.7 Å². The number of nitrogens with zero attached hydrogens (tertiary/aromatic N) is 2. The molecule has 0 aliphatic carbocycles. The molecule has 0 N–H and O–H groups in total. The summed E-state index contributed by atoms with van der Waals surface area (Å²) in [5.41, 5.74) is 0.118. The van der Waals surface area contributed by atoms with Crippen LogP contribution in [0, 0.1) is 10.1 Å². The summed E-state index contributed by atoms with van der Waals surface area (Å²) in [5, 5.41) is 10.8. The normalized spacial score (nSPS) is 15.3. The number of hydrogen-bond donors (Lipinski definition) is 0. The molecule has 1 aliphatic rings. The molecule has 1 aromatic rings. The average molecular weight is 278 g/mol. The summed E-state index contributed by atoms with van der Waals surface area (Å²) >= 11 is 0. The van der Waals surface area contributed by atoms with Gasteiger partial charge in [-0.25, -0.2) is 0 Å². The van der Waals surface area contributed by atoms with E-state index in [9.17, 15) is 19.7 Å². The van der Waals surface area contributed by atoms with E-state index in [1.54, 1.807) is 13.8 Å².